The van der Waals surface area contributed by atoms with Crippen LogP contribution in [0.5, 0.6) is 5.75 Å². The number of benzene rings is 2. The van der Waals surface area contributed by atoms with E-state index in [0.29, 0.717) is 50.8 Å². The number of carbonyl (C=O) groups is 1. The number of rotatable bonds is 8. The molecule has 2 saturated heterocycles. The number of halogens is 1. The van der Waals surface area contributed by atoms with Crippen LogP contribution in [0.15, 0.2) is 42.5 Å². The normalized spacial score (nSPS) is 18.2. The summed E-state index contributed by atoms with van der Waals surface area (Å²) in [6, 6.07) is 12.4. The Hall–Kier alpha value is -2.68. The minimum Gasteiger partial charge on any atom is -0.489 e. The Balaban J connectivity index is 1.35. The van der Waals surface area contributed by atoms with Crippen molar-refractivity contribution in [2.75, 3.05) is 52.0 Å². The first-order valence-corrected chi connectivity index (χ1v) is 12.7. The van der Waals surface area contributed by atoms with Crippen LogP contribution in [0, 0.1) is 11.7 Å². The molecule has 8 heteroatoms. The average Bonchev–Trinajstić information content (AvgIpc) is 2.92. The third-order valence-corrected chi connectivity index (χ3v) is 7.53. The summed E-state index contributed by atoms with van der Waals surface area (Å²) in [5, 5.41) is 9.13. The molecule has 2 heterocycles. The van der Waals surface area contributed by atoms with Crippen molar-refractivity contribution < 1.29 is 28.5 Å². The third-order valence-electron chi connectivity index (χ3n) is 7.53. The molecule has 196 valence electrons. The zero-order valence-electron chi connectivity index (χ0n) is 21.2. The fourth-order valence-electron chi connectivity index (χ4n) is 5.12. The summed E-state index contributed by atoms with van der Waals surface area (Å²) >= 11 is 0. The first kappa shape index (κ1) is 26.4. The number of ether oxygens (including phenoxy) is 3. The Morgan fingerprint density at radius 2 is 1.86 bits per heavy atom. The van der Waals surface area contributed by atoms with Crippen molar-refractivity contribution in [3.8, 4) is 5.75 Å². The molecule has 7 nitrogen and oxygen atoms in total. The van der Waals surface area contributed by atoms with Gasteiger partial charge in [0.25, 0.3) is 0 Å². The molecule has 2 aromatic rings. The predicted molar refractivity (Wildman–Crippen MR) is 136 cm³/mol. The lowest BCUT2D eigenvalue weighted by Crippen LogP contribution is -2.45. The summed E-state index contributed by atoms with van der Waals surface area (Å²) in [4.78, 5) is 16.5. The molecule has 0 atom stereocenters. The van der Waals surface area contributed by atoms with Crippen LogP contribution in [0.25, 0.3) is 0 Å². The minimum atomic E-state index is -0.564. The van der Waals surface area contributed by atoms with Gasteiger partial charge in [-0.15, -0.1) is 0 Å². The van der Waals surface area contributed by atoms with Gasteiger partial charge in [-0.2, -0.15) is 0 Å². The van der Waals surface area contributed by atoms with E-state index in [0.717, 1.165) is 36.1 Å². The molecule has 2 aliphatic heterocycles. The Bertz CT molecular complexity index is 1000. The summed E-state index contributed by atoms with van der Waals surface area (Å²) in [5.74, 6) is 0.588. The fraction of sp³-hybridized carbons (Fsp3) is 0.536. The van der Waals surface area contributed by atoms with E-state index in [9.17, 15) is 9.18 Å². The second kappa shape index (κ2) is 12.0. The maximum atomic E-state index is 14.4. The molecule has 1 N–H and O–H groups in total. The quantitative estimate of drug-likeness (QED) is 0.569. The summed E-state index contributed by atoms with van der Waals surface area (Å²) in [6.45, 7) is 3.07. The number of hydrogen-bond acceptors (Lipinski definition) is 5. The molecular formula is C28H37FN2O5. The van der Waals surface area contributed by atoms with E-state index in [4.69, 9.17) is 19.3 Å². The number of urea groups is 1. The number of piperidine rings is 1. The van der Waals surface area contributed by atoms with E-state index in [1.54, 1.807) is 19.1 Å². The molecule has 2 amide bonds. The van der Waals surface area contributed by atoms with E-state index < -0.39 is 5.60 Å². The molecule has 2 aromatic carbocycles. The smallest absolute Gasteiger partial charge is 0.324 e. The van der Waals surface area contributed by atoms with Gasteiger partial charge in [0.15, 0.2) is 0 Å². The Kier molecular flexibility index (Phi) is 8.82. The number of aliphatic hydroxyl groups is 1. The zero-order valence-corrected chi connectivity index (χ0v) is 21.2. The SMILES string of the molecule is COC1(c2cc(F)cc(OCc3ccc(N(C)C(=O)N4CCC(CCO)CC4)cc3)c2)CCOCC1. The lowest BCUT2D eigenvalue weighted by molar-refractivity contribution is -0.0950. The van der Waals surface area contributed by atoms with Crippen LogP contribution in [0.1, 0.15) is 43.2 Å². The number of hydrogen-bond donors (Lipinski definition) is 1. The second-order valence-electron chi connectivity index (χ2n) is 9.73. The summed E-state index contributed by atoms with van der Waals surface area (Å²) in [6.07, 6.45) is 4.00. The second-order valence-corrected chi connectivity index (χ2v) is 9.73. The molecule has 4 rings (SSSR count). The molecular weight excluding hydrogens is 463 g/mol. The van der Waals surface area contributed by atoms with Gasteiger partial charge in [0, 0.05) is 71.7 Å². The van der Waals surface area contributed by atoms with Crippen LogP contribution >= 0.6 is 0 Å². The van der Waals surface area contributed by atoms with Crippen LogP contribution in [-0.4, -0.2) is 63.1 Å². The first-order chi connectivity index (χ1) is 17.4. The summed E-state index contributed by atoms with van der Waals surface area (Å²) < 4.78 is 31.6. The minimum absolute atomic E-state index is 0.0195. The molecule has 0 radical (unpaired) electrons. The van der Waals surface area contributed by atoms with E-state index >= 15 is 0 Å². The van der Waals surface area contributed by atoms with Gasteiger partial charge < -0.3 is 24.2 Å². The number of likely N-dealkylation sites (tertiary alicyclic amines) is 1. The first-order valence-electron chi connectivity index (χ1n) is 12.7. The van der Waals surface area contributed by atoms with Crippen LogP contribution in [0.2, 0.25) is 0 Å². The van der Waals surface area contributed by atoms with Crippen LogP contribution in [-0.2, 0) is 21.7 Å². The Morgan fingerprint density at radius 1 is 1.17 bits per heavy atom. The molecule has 0 saturated carbocycles. The van der Waals surface area contributed by atoms with Crippen LogP contribution in [0.3, 0.4) is 0 Å². The van der Waals surface area contributed by atoms with Gasteiger partial charge in [-0.1, -0.05) is 12.1 Å². The van der Waals surface area contributed by atoms with Crippen molar-refractivity contribution in [1.82, 2.24) is 4.90 Å². The predicted octanol–water partition coefficient (Wildman–Crippen LogP) is 4.71. The number of methoxy groups -OCH3 is 1. The van der Waals surface area contributed by atoms with E-state index in [-0.39, 0.29) is 25.1 Å². The Labute approximate surface area is 212 Å². The van der Waals surface area contributed by atoms with Gasteiger partial charge in [-0.3, -0.25) is 4.90 Å². The monoisotopic (exact) mass is 500 g/mol. The molecule has 0 spiro atoms. The molecule has 36 heavy (non-hydrogen) atoms. The van der Waals surface area contributed by atoms with E-state index in [1.807, 2.05) is 35.2 Å². The van der Waals surface area contributed by atoms with Crippen LogP contribution < -0.4 is 9.64 Å². The van der Waals surface area contributed by atoms with Gasteiger partial charge in [-0.05, 0) is 60.6 Å². The zero-order chi connectivity index (χ0) is 25.5. The largest absolute Gasteiger partial charge is 0.489 e. The van der Waals surface area contributed by atoms with Crippen molar-refractivity contribution >= 4 is 11.7 Å². The lowest BCUT2D eigenvalue weighted by atomic mass is 9.86. The Morgan fingerprint density at radius 3 is 2.50 bits per heavy atom. The van der Waals surface area contributed by atoms with Gasteiger partial charge in [-0.25, -0.2) is 9.18 Å². The number of carbonyl (C=O) groups excluding carboxylic acids is 1. The molecule has 2 aliphatic rings. The van der Waals surface area contributed by atoms with Gasteiger partial charge in [0.2, 0.25) is 0 Å². The van der Waals surface area contributed by atoms with Gasteiger partial charge in [0.1, 0.15) is 18.2 Å². The number of amides is 2. The average molecular weight is 501 g/mol. The highest BCUT2D eigenvalue weighted by Gasteiger charge is 2.35. The highest BCUT2D eigenvalue weighted by Crippen LogP contribution is 2.37. The highest BCUT2D eigenvalue weighted by molar-refractivity contribution is 5.91. The van der Waals surface area contributed by atoms with Crippen LogP contribution in [0.4, 0.5) is 14.9 Å². The number of aliphatic hydroxyl groups excluding tert-OH is 1. The van der Waals surface area contributed by atoms with Crippen molar-refractivity contribution in [3.05, 3.63) is 59.4 Å². The van der Waals surface area contributed by atoms with Crippen molar-refractivity contribution in [3.63, 3.8) is 0 Å². The third kappa shape index (κ3) is 6.17. The van der Waals surface area contributed by atoms with E-state index in [1.165, 1.54) is 12.1 Å². The lowest BCUT2D eigenvalue weighted by Gasteiger charge is -2.36. The number of nitrogens with zero attached hydrogens (tertiary/aromatic N) is 2. The fourth-order valence-corrected chi connectivity index (χ4v) is 5.12. The van der Waals surface area contributed by atoms with Crippen molar-refractivity contribution in [1.29, 1.82) is 0 Å². The molecule has 2 fully saturated rings. The maximum Gasteiger partial charge on any atom is 0.324 e. The molecule has 0 bridgehead atoms. The molecule has 0 aliphatic carbocycles. The molecule has 0 unspecified atom stereocenters. The topological polar surface area (TPSA) is 71.5 Å². The van der Waals surface area contributed by atoms with Gasteiger partial charge >= 0.3 is 6.03 Å². The number of anilines is 1. The van der Waals surface area contributed by atoms with Crippen molar-refractivity contribution in [2.45, 2.75) is 44.3 Å². The van der Waals surface area contributed by atoms with E-state index in [2.05, 4.69) is 0 Å². The highest BCUT2D eigenvalue weighted by atomic mass is 19.1. The maximum absolute atomic E-state index is 14.4. The standard InChI is InChI=1S/C28H37FN2O5/c1-30(27(33)31-12-7-21(8-13-31)9-14-32)25-5-3-22(4-6-25)20-36-26-18-23(17-24(29)19-26)28(34-2)10-15-35-16-11-28/h3-6,17-19,21,32H,7-16,20H2,1-2H3. The summed E-state index contributed by atoms with van der Waals surface area (Å²) in [7, 11) is 3.43. The molecule has 0 aromatic heterocycles. The van der Waals surface area contributed by atoms with Gasteiger partial charge in [0.05, 0.1) is 5.60 Å². The summed E-state index contributed by atoms with van der Waals surface area (Å²) in [5.41, 5.74) is 1.92. The van der Waals surface area contributed by atoms with Crippen molar-refractivity contribution in [2.24, 2.45) is 5.92 Å².